The lowest BCUT2D eigenvalue weighted by Gasteiger charge is -2.60. The number of amides is 1. The van der Waals surface area contributed by atoms with E-state index in [1.54, 1.807) is 12.1 Å². The number of hydrogen-bond donors (Lipinski definition) is 0. The maximum atomic E-state index is 14.1. The van der Waals surface area contributed by atoms with Crippen LogP contribution in [0.1, 0.15) is 69.6 Å². The number of piperidine rings is 1. The normalized spacial score (nSPS) is 29.2. The summed E-state index contributed by atoms with van der Waals surface area (Å²) in [4.78, 5) is 31.1. The summed E-state index contributed by atoms with van der Waals surface area (Å²) in [5.41, 5.74) is 3.08. The van der Waals surface area contributed by atoms with Gasteiger partial charge in [-0.15, -0.1) is 0 Å². The first-order valence-electron chi connectivity index (χ1n) is 15.6. The Morgan fingerprint density at radius 3 is 2.64 bits per heavy atom. The summed E-state index contributed by atoms with van der Waals surface area (Å²) in [5, 5.41) is 0.957. The number of carbonyl (C=O) groups excluding carboxylic acids is 2. The van der Waals surface area contributed by atoms with Crippen LogP contribution in [0, 0.1) is 17.8 Å². The van der Waals surface area contributed by atoms with Crippen LogP contribution in [-0.2, 0) is 27.8 Å². The van der Waals surface area contributed by atoms with E-state index >= 15 is 0 Å². The Bertz CT molecular complexity index is 1420. The zero-order valence-corrected chi connectivity index (χ0v) is 26.2. The van der Waals surface area contributed by atoms with Crippen molar-refractivity contribution in [2.24, 2.45) is 17.8 Å². The van der Waals surface area contributed by atoms with Gasteiger partial charge in [0.1, 0.15) is 17.6 Å². The molecule has 0 radical (unpaired) electrons. The van der Waals surface area contributed by atoms with E-state index in [9.17, 15) is 9.59 Å². The molecule has 0 N–H and O–H groups in total. The van der Waals surface area contributed by atoms with Gasteiger partial charge in [-0.2, -0.15) is 0 Å². The number of ether oxygens (including phenoxy) is 2. The van der Waals surface area contributed by atoms with E-state index in [0.717, 1.165) is 61.6 Å². The van der Waals surface area contributed by atoms with Gasteiger partial charge in [-0.3, -0.25) is 14.5 Å². The molecule has 3 fully saturated rings. The molecule has 2 bridgehead atoms. The van der Waals surface area contributed by atoms with Crippen LogP contribution in [0.15, 0.2) is 30.3 Å². The summed E-state index contributed by atoms with van der Waals surface area (Å²) in [6, 6.07) is 9.73. The molecule has 7 rings (SSSR count). The minimum atomic E-state index is -0.293. The quantitative estimate of drug-likeness (QED) is 0.253. The van der Waals surface area contributed by atoms with E-state index in [1.165, 1.54) is 25.3 Å². The highest BCUT2D eigenvalue weighted by atomic mass is 35.5. The molecule has 2 aromatic carbocycles. The predicted molar refractivity (Wildman–Crippen MR) is 163 cm³/mol. The predicted octanol–water partition coefficient (Wildman–Crippen LogP) is 6.46. The van der Waals surface area contributed by atoms with Crippen molar-refractivity contribution in [1.82, 2.24) is 9.80 Å². The minimum absolute atomic E-state index is 0.0370. The molecular formula is C34H40Cl2N2O4. The molecule has 8 heteroatoms. The summed E-state index contributed by atoms with van der Waals surface area (Å²) in [6.45, 7) is 8.69. The molecule has 42 heavy (non-hydrogen) atoms. The molecule has 224 valence electrons. The lowest BCUT2D eigenvalue weighted by atomic mass is 9.50. The molecule has 2 saturated carbocycles. The van der Waals surface area contributed by atoms with E-state index in [1.807, 2.05) is 18.2 Å². The van der Waals surface area contributed by atoms with Crippen molar-refractivity contribution in [2.45, 2.75) is 89.3 Å². The highest BCUT2D eigenvalue weighted by molar-refractivity contribution is 6.42. The third-order valence-corrected chi connectivity index (χ3v) is 11.2. The fourth-order valence-corrected chi connectivity index (χ4v) is 9.09. The average Bonchev–Trinajstić information content (AvgIpc) is 3.69. The van der Waals surface area contributed by atoms with Crippen molar-refractivity contribution in [1.29, 1.82) is 0 Å². The number of rotatable bonds is 8. The van der Waals surface area contributed by atoms with Crippen molar-refractivity contribution in [3.05, 3.63) is 57.1 Å². The standard InChI is InChI=1S/C34H40Cl2N2O4/c1-19(2)17-38(31(40)15-22-6-8-25(35)26(36)14-22)27-9-7-24-28-16-23-29(41-20(3)39)10-11-30-32(23)34(24,33(27)42-30)12-13-37(28)18-21-4-5-21/h6,8,10-11,14,19,21,24,27-28,33H,4-5,7,9,12-13,15-18H2,1-3H3/t24-,27+,28+,33-,34-/m0/s1. The zero-order chi connectivity index (χ0) is 29.3. The van der Waals surface area contributed by atoms with Crippen molar-refractivity contribution in [3.63, 3.8) is 0 Å². The van der Waals surface area contributed by atoms with Crippen molar-refractivity contribution in [3.8, 4) is 11.5 Å². The number of benzene rings is 2. The fourth-order valence-electron chi connectivity index (χ4n) is 8.77. The molecule has 2 aliphatic heterocycles. The third kappa shape index (κ3) is 4.73. The highest BCUT2D eigenvalue weighted by Crippen LogP contribution is 2.64. The van der Waals surface area contributed by atoms with Crippen LogP contribution < -0.4 is 9.47 Å². The fraction of sp³-hybridized carbons (Fsp3) is 0.588. The molecule has 0 aromatic heterocycles. The van der Waals surface area contributed by atoms with Gasteiger partial charge in [-0.1, -0.05) is 43.1 Å². The van der Waals surface area contributed by atoms with Crippen LogP contribution in [0.2, 0.25) is 10.0 Å². The first kappa shape index (κ1) is 28.5. The Morgan fingerprint density at radius 2 is 1.93 bits per heavy atom. The largest absolute Gasteiger partial charge is 0.487 e. The maximum absolute atomic E-state index is 14.1. The van der Waals surface area contributed by atoms with Gasteiger partial charge in [0.25, 0.3) is 0 Å². The van der Waals surface area contributed by atoms with Crippen LogP contribution in [0.25, 0.3) is 0 Å². The molecule has 1 amide bonds. The minimum Gasteiger partial charge on any atom is -0.487 e. The number of esters is 1. The van der Waals surface area contributed by atoms with Gasteiger partial charge in [0.15, 0.2) is 0 Å². The second-order valence-electron chi connectivity index (χ2n) is 13.7. The van der Waals surface area contributed by atoms with Crippen LogP contribution in [-0.4, -0.2) is 59.5 Å². The Hall–Kier alpha value is -2.28. The van der Waals surface area contributed by atoms with Gasteiger partial charge in [-0.05, 0) is 92.7 Å². The molecule has 5 aliphatic rings. The van der Waals surface area contributed by atoms with Crippen LogP contribution in [0.3, 0.4) is 0 Å². The van der Waals surface area contributed by atoms with Crippen molar-refractivity contribution >= 4 is 35.1 Å². The van der Waals surface area contributed by atoms with Crippen molar-refractivity contribution < 1.29 is 19.1 Å². The summed E-state index contributed by atoms with van der Waals surface area (Å²) < 4.78 is 12.8. The summed E-state index contributed by atoms with van der Waals surface area (Å²) in [7, 11) is 0. The number of likely N-dealkylation sites (tertiary alicyclic amines) is 1. The molecule has 2 heterocycles. The van der Waals surface area contributed by atoms with Gasteiger partial charge in [-0.25, -0.2) is 0 Å². The molecule has 1 spiro atoms. The molecule has 0 unspecified atom stereocenters. The number of carbonyl (C=O) groups is 2. The number of nitrogens with zero attached hydrogens (tertiary/aromatic N) is 2. The molecule has 1 saturated heterocycles. The second kappa shape index (κ2) is 10.7. The summed E-state index contributed by atoms with van der Waals surface area (Å²) in [5.74, 6) is 2.98. The highest BCUT2D eigenvalue weighted by Gasteiger charge is 2.66. The van der Waals surface area contributed by atoms with E-state index in [4.69, 9.17) is 32.7 Å². The Balaban J connectivity index is 1.27. The first-order chi connectivity index (χ1) is 20.2. The third-order valence-electron chi connectivity index (χ3n) is 10.5. The van der Waals surface area contributed by atoms with Gasteiger partial charge in [0.05, 0.1) is 22.5 Å². The van der Waals surface area contributed by atoms with E-state index in [-0.39, 0.29) is 35.9 Å². The summed E-state index contributed by atoms with van der Waals surface area (Å²) >= 11 is 12.5. The average molecular weight is 612 g/mol. The zero-order valence-electron chi connectivity index (χ0n) is 24.7. The van der Waals surface area contributed by atoms with Gasteiger partial charge < -0.3 is 14.4 Å². The summed E-state index contributed by atoms with van der Waals surface area (Å²) in [6.07, 6.45) is 6.68. The smallest absolute Gasteiger partial charge is 0.308 e. The van der Waals surface area contributed by atoms with Crippen molar-refractivity contribution in [2.75, 3.05) is 19.6 Å². The topological polar surface area (TPSA) is 59.1 Å². The molecule has 3 aliphatic carbocycles. The van der Waals surface area contributed by atoms with E-state index in [2.05, 4.69) is 23.6 Å². The van der Waals surface area contributed by atoms with Gasteiger partial charge in [0, 0.05) is 42.6 Å². The lowest BCUT2D eigenvalue weighted by molar-refractivity contribution is -0.143. The van der Waals surface area contributed by atoms with Crippen LogP contribution in [0.4, 0.5) is 0 Å². The van der Waals surface area contributed by atoms with E-state index < -0.39 is 0 Å². The SMILES string of the molecule is CC(=O)Oc1ccc2c3c1C[C@@H]1[C@@H]4CC[C@@H](N(CC(C)C)C(=O)Cc5ccc(Cl)c(Cl)c5)[C@H](O2)[C@]34CCN1CC1CC1. The Labute approximate surface area is 258 Å². The first-order valence-corrected chi connectivity index (χ1v) is 16.4. The van der Waals surface area contributed by atoms with Gasteiger partial charge in [0.2, 0.25) is 5.91 Å². The number of halogens is 2. The number of hydrogen-bond acceptors (Lipinski definition) is 5. The molecular weight excluding hydrogens is 571 g/mol. The lowest BCUT2D eigenvalue weighted by Crippen LogP contribution is -2.69. The Kier molecular flexibility index (Phi) is 7.26. The molecule has 6 nitrogen and oxygen atoms in total. The second-order valence-corrected chi connectivity index (χ2v) is 14.5. The van der Waals surface area contributed by atoms with Crippen LogP contribution in [0.5, 0.6) is 11.5 Å². The molecule has 5 atom stereocenters. The van der Waals surface area contributed by atoms with Gasteiger partial charge >= 0.3 is 5.97 Å². The molecule has 2 aromatic rings. The monoisotopic (exact) mass is 610 g/mol. The maximum Gasteiger partial charge on any atom is 0.308 e. The van der Waals surface area contributed by atoms with E-state index in [0.29, 0.717) is 40.2 Å². The Morgan fingerprint density at radius 1 is 1.12 bits per heavy atom. The van der Waals surface area contributed by atoms with Crippen LogP contribution >= 0.6 is 23.2 Å².